The molecule has 0 radical (unpaired) electrons. The average Bonchev–Trinajstić information content (AvgIpc) is 2.73. The van der Waals surface area contributed by atoms with E-state index in [1.165, 1.54) is 62.4 Å². The van der Waals surface area contributed by atoms with E-state index in [1.54, 1.807) is 0 Å². The van der Waals surface area contributed by atoms with Crippen LogP contribution in [0.2, 0.25) is 0 Å². The molecule has 0 spiro atoms. The predicted octanol–water partition coefficient (Wildman–Crippen LogP) is 4.80. The summed E-state index contributed by atoms with van der Waals surface area (Å²) in [5, 5.41) is 0. The molecule has 0 N–H and O–H groups in total. The normalized spacial score (nSPS) is 18.0. The van der Waals surface area contributed by atoms with Gasteiger partial charge in [-0.3, -0.25) is 4.98 Å². The number of nitrogens with zero attached hydrogens (tertiary/aromatic N) is 3. The highest BCUT2D eigenvalue weighted by atomic mass is 16.5. The maximum Gasteiger partial charge on any atom is 0.150 e. The number of hydrogen-bond donors (Lipinski definition) is 0. The van der Waals surface area contributed by atoms with Crippen LogP contribution in [0.3, 0.4) is 0 Å². The summed E-state index contributed by atoms with van der Waals surface area (Å²) in [6.07, 6.45) is 8.68. The van der Waals surface area contributed by atoms with Crippen LogP contribution in [0.15, 0.2) is 60.6 Å². The number of ether oxygens (including phenoxy) is 1. The first kappa shape index (κ1) is 18.1. The molecule has 2 aliphatic heterocycles. The van der Waals surface area contributed by atoms with Gasteiger partial charge in [-0.25, -0.2) is 0 Å². The van der Waals surface area contributed by atoms with E-state index in [-0.39, 0.29) is 0 Å². The first-order valence-electron chi connectivity index (χ1n) is 10.1. The lowest BCUT2D eigenvalue weighted by Gasteiger charge is -2.32. The molecule has 0 atom stereocenters. The van der Waals surface area contributed by atoms with Crippen molar-refractivity contribution in [2.24, 2.45) is 0 Å². The van der Waals surface area contributed by atoms with Crippen molar-refractivity contribution in [1.82, 2.24) is 9.88 Å². The number of hydrogen-bond acceptors (Lipinski definition) is 4. The third kappa shape index (κ3) is 4.33. The van der Waals surface area contributed by atoms with Crippen molar-refractivity contribution in [1.29, 1.82) is 0 Å². The highest BCUT2D eigenvalue weighted by Crippen LogP contribution is 2.34. The number of anilines is 1. The first-order valence-corrected chi connectivity index (χ1v) is 10.1. The molecule has 3 heterocycles. The second-order valence-corrected chi connectivity index (χ2v) is 7.57. The molecule has 1 aromatic carbocycles. The topological polar surface area (TPSA) is 28.6 Å². The highest BCUT2D eigenvalue weighted by Gasteiger charge is 2.21. The van der Waals surface area contributed by atoms with E-state index in [4.69, 9.17) is 4.74 Å². The molecular formula is C23H29N3O. The number of piperidine rings is 1. The molecule has 0 bridgehead atoms. The minimum atomic E-state index is 0.639. The molecule has 4 rings (SSSR count). The predicted molar refractivity (Wildman–Crippen MR) is 110 cm³/mol. The van der Waals surface area contributed by atoms with Crippen molar-refractivity contribution < 1.29 is 4.74 Å². The molecule has 2 aliphatic rings. The fourth-order valence-electron chi connectivity index (χ4n) is 4.15. The summed E-state index contributed by atoms with van der Waals surface area (Å²) in [6.45, 7) is 6.76. The van der Waals surface area contributed by atoms with Gasteiger partial charge in [-0.15, -0.1) is 0 Å². The molecule has 2 aromatic rings. The zero-order chi connectivity index (χ0) is 18.5. The summed E-state index contributed by atoms with van der Waals surface area (Å²) in [5.74, 6) is 1.60. The number of unbranched alkanes of at least 4 members (excludes halogenated alkanes) is 1. The SMILES string of the molecule is CC1=COc2ccccc2N1CCCCN1CCC(c2ccccn2)CC1. The van der Waals surface area contributed by atoms with Crippen molar-refractivity contribution >= 4 is 5.69 Å². The zero-order valence-electron chi connectivity index (χ0n) is 16.2. The smallest absolute Gasteiger partial charge is 0.150 e. The number of allylic oxidation sites excluding steroid dienone is 1. The van der Waals surface area contributed by atoms with Gasteiger partial charge in [0.1, 0.15) is 12.0 Å². The zero-order valence-corrected chi connectivity index (χ0v) is 16.2. The van der Waals surface area contributed by atoms with Crippen LogP contribution in [0.5, 0.6) is 5.75 Å². The number of rotatable bonds is 6. The Morgan fingerprint density at radius 1 is 1.00 bits per heavy atom. The molecule has 0 aliphatic carbocycles. The number of pyridine rings is 1. The van der Waals surface area contributed by atoms with Crippen LogP contribution in [0.1, 0.15) is 44.2 Å². The first-order chi connectivity index (χ1) is 13.3. The molecule has 27 heavy (non-hydrogen) atoms. The van der Waals surface area contributed by atoms with E-state index >= 15 is 0 Å². The third-order valence-electron chi connectivity index (χ3n) is 5.74. The van der Waals surface area contributed by atoms with Crippen molar-refractivity contribution in [3.8, 4) is 5.75 Å². The monoisotopic (exact) mass is 363 g/mol. The van der Waals surface area contributed by atoms with Gasteiger partial charge < -0.3 is 14.5 Å². The van der Waals surface area contributed by atoms with E-state index in [1.807, 2.05) is 30.7 Å². The lowest BCUT2D eigenvalue weighted by Crippen LogP contribution is -2.34. The van der Waals surface area contributed by atoms with Crippen LogP contribution in [0.4, 0.5) is 5.69 Å². The average molecular weight is 364 g/mol. The Labute approximate surface area is 162 Å². The van der Waals surface area contributed by atoms with Crippen molar-refractivity contribution in [3.63, 3.8) is 0 Å². The summed E-state index contributed by atoms with van der Waals surface area (Å²) >= 11 is 0. The van der Waals surface area contributed by atoms with Crippen LogP contribution in [0.25, 0.3) is 0 Å². The lowest BCUT2D eigenvalue weighted by molar-refractivity contribution is 0.207. The Morgan fingerprint density at radius 3 is 2.59 bits per heavy atom. The number of para-hydroxylation sites is 2. The highest BCUT2D eigenvalue weighted by molar-refractivity contribution is 5.63. The molecule has 0 amide bonds. The van der Waals surface area contributed by atoms with Gasteiger partial charge in [-0.05, 0) is 76.5 Å². The van der Waals surface area contributed by atoms with E-state index in [2.05, 4.69) is 46.0 Å². The van der Waals surface area contributed by atoms with Crippen LogP contribution >= 0.6 is 0 Å². The van der Waals surface area contributed by atoms with Gasteiger partial charge in [0.25, 0.3) is 0 Å². The minimum Gasteiger partial charge on any atom is -0.461 e. The van der Waals surface area contributed by atoms with Crippen molar-refractivity contribution in [3.05, 3.63) is 66.3 Å². The largest absolute Gasteiger partial charge is 0.461 e. The van der Waals surface area contributed by atoms with Crippen LogP contribution < -0.4 is 9.64 Å². The molecule has 0 unspecified atom stereocenters. The fourth-order valence-corrected chi connectivity index (χ4v) is 4.15. The van der Waals surface area contributed by atoms with Gasteiger partial charge in [0.2, 0.25) is 0 Å². The maximum atomic E-state index is 5.70. The minimum absolute atomic E-state index is 0.639. The summed E-state index contributed by atoms with van der Waals surface area (Å²) in [5.41, 5.74) is 3.64. The van der Waals surface area contributed by atoms with Gasteiger partial charge in [-0.1, -0.05) is 18.2 Å². The lowest BCUT2D eigenvalue weighted by atomic mass is 9.93. The van der Waals surface area contributed by atoms with E-state index in [9.17, 15) is 0 Å². The Bertz CT molecular complexity index is 766. The molecule has 0 saturated carbocycles. The summed E-state index contributed by atoms with van der Waals surface area (Å²) < 4.78 is 5.70. The van der Waals surface area contributed by atoms with Gasteiger partial charge in [-0.2, -0.15) is 0 Å². The Hall–Kier alpha value is -2.33. The Morgan fingerprint density at radius 2 is 1.78 bits per heavy atom. The molecule has 4 nitrogen and oxygen atoms in total. The van der Waals surface area contributed by atoms with Crippen molar-refractivity contribution in [2.75, 3.05) is 31.1 Å². The molecule has 142 valence electrons. The van der Waals surface area contributed by atoms with Gasteiger partial charge in [0.15, 0.2) is 0 Å². The summed E-state index contributed by atoms with van der Waals surface area (Å²) in [6, 6.07) is 14.6. The van der Waals surface area contributed by atoms with Gasteiger partial charge in [0.05, 0.1) is 11.4 Å². The second kappa shape index (κ2) is 8.57. The molecular weight excluding hydrogens is 334 g/mol. The quantitative estimate of drug-likeness (QED) is 0.689. The maximum absolute atomic E-state index is 5.70. The molecule has 1 saturated heterocycles. The number of fused-ring (bicyclic) bond motifs is 1. The van der Waals surface area contributed by atoms with Gasteiger partial charge in [0, 0.05) is 24.4 Å². The van der Waals surface area contributed by atoms with Crippen LogP contribution in [-0.2, 0) is 0 Å². The van der Waals surface area contributed by atoms with E-state index < -0.39 is 0 Å². The molecule has 1 aromatic heterocycles. The van der Waals surface area contributed by atoms with Crippen molar-refractivity contribution in [2.45, 2.75) is 38.5 Å². The molecule has 4 heteroatoms. The number of aromatic nitrogens is 1. The summed E-state index contributed by atoms with van der Waals surface area (Å²) in [7, 11) is 0. The van der Waals surface area contributed by atoms with Gasteiger partial charge >= 0.3 is 0 Å². The standard InChI is InChI=1S/C23H29N3O/c1-19-18-27-23-10-3-2-9-22(23)26(19)15-7-6-14-25-16-11-20(12-17-25)21-8-4-5-13-24-21/h2-5,8-10,13,18,20H,6-7,11-12,14-17H2,1H3. The van der Waals surface area contributed by atoms with Crippen LogP contribution in [0, 0.1) is 0 Å². The Balaban J connectivity index is 1.21. The fraction of sp³-hybridized carbons (Fsp3) is 0.435. The summed E-state index contributed by atoms with van der Waals surface area (Å²) in [4.78, 5) is 9.54. The Kier molecular flexibility index (Phi) is 5.73. The number of benzene rings is 1. The van der Waals surface area contributed by atoms with E-state index in [0.29, 0.717) is 5.92 Å². The molecule has 1 fully saturated rings. The number of likely N-dealkylation sites (tertiary alicyclic amines) is 1. The van der Waals surface area contributed by atoms with Crippen LogP contribution in [-0.4, -0.2) is 36.1 Å². The second-order valence-electron chi connectivity index (χ2n) is 7.57. The third-order valence-corrected chi connectivity index (χ3v) is 5.74. The van der Waals surface area contributed by atoms with E-state index in [0.717, 1.165) is 12.3 Å².